The number of hydrogen-bond donors (Lipinski definition) is 3. The molecule has 0 radical (unpaired) electrons. The molecule has 1 aliphatic carbocycles. The van der Waals surface area contributed by atoms with Crippen molar-refractivity contribution >= 4 is 16.9 Å². The van der Waals surface area contributed by atoms with Crippen LogP contribution in [-0.2, 0) is 6.42 Å². The van der Waals surface area contributed by atoms with Gasteiger partial charge in [0.25, 0.3) is 0 Å². The van der Waals surface area contributed by atoms with E-state index < -0.39 is 5.79 Å². The van der Waals surface area contributed by atoms with E-state index in [0.717, 1.165) is 35.4 Å². The standard InChI is InChI=1S/C22H24FN3/c1-15(18-4-7-21-19(14-18)10-13-25-21)26-22(23)11-8-17(9-12-22)16-2-5-20(24)6-3-16/h2-9,11,14-15,25-26H,10,12-13,24H2,1H3. The van der Waals surface area contributed by atoms with Crippen LogP contribution in [0.2, 0.25) is 0 Å². The molecule has 134 valence electrons. The van der Waals surface area contributed by atoms with Gasteiger partial charge in [0.1, 0.15) is 0 Å². The van der Waals surface area contributed by atoms with Gasteiger partial charge < -0.3 is 11.1 Å². The highest BCUT2D eigenvalue weighted by molar-refractivity contribution is 5.76. The van der Waals surface area contributed by atoms with Crippen LogP contribution in [-0.4, -0.2) is 12.3 Å². The lowest BCUT2D eigenvalue weighted by molar-refractivity contribution is 0.160. The van der Waals surface area contributed by atoms with Gasteiger partial charge >= 0.3 is 0 Å². The molecule has 1 aliphatic heterocycles. The smallest absolute Gasteiger partial charge is 0.184 e. The van der Waals surface area contributed by atoms with E-state index in [2.05, 4.69) is 28.8 Å². The molecule has 0 fully saturated rings. The molecule has 0 aromatic heterocycles. The predicted octanol–water partition coefficient (Wildman–Crippen LogP) is 4.60. The van der Waals surface area contributed by atoms with Gasteiger partial charge in [0.15, 0.2) is 5.79 Å². The number of hydrogen-bond acceptors (Lipinski definition) is 3. The summed E-state index contributed by atoms with van der Waals surface area (Å²) in [6, 6.07) is 13.9. The third-order valence-electron chi connectivity index (χ3n) is 5.19. The van der Waals surface area contributed by atoms with Crippen LogP contribution in [0.5, 0.6) is 0 Å². The number of nitrogens with one attached hydrogen (secondary N) is 2. The highest BCUT2D eigenvalue weighted by Crippen LogP contribution is 2.32. The van der Waals surface area contributed by atoms with Crippen molar-refractivity contribution < 1.29 is 4.39 Å². The quantitative estimate of drug-likeness (QED) is 0.559. The number of anilines is 2. The first kappa shape index (κ1) is 16.9. The van der Waals surface area contributed by atoms with Crippen LogP contribution in [0.3, 0.4) is 0 Å². The van der Waals surface area contributed by atoms with Crippen molar-refractivity contribution in [2.24, 2.45) is 0 Å². The van der Waals surface area contributed by atoms with Crippen molar-refractivity contribution in [3.05, 3.63) is 77.4 Å². The van der Waals surface area contributed by atoms with E-state index in [1.807, 2.05) is 43.3 Å². The van der Waals surface area contributed by atoms with E-state index in [1.54, 1.807) is 6.08 Å². The highest BCUT2D eigenvalue weighted by atomic mass is 19.1. The maximum atomic E-state index is 15.3. The number of nitrogens with two attached hydrogens (primary N) is 1. The Balaban J connectivity index is 1.45. The molecule has 26 heavy (non-hydrogen) atoms. The summed E-state index contributed by atoms with van der Waals surface area (Å²) in [5, 5.41) is 6.50. The van der Waals surface area contributed by atoms with E-state index in [0.29, 0.717) is 6.42 Å². The Morgan fingerprint density at radius 1 is 1.19 bits per heavy atom. The average Bonchev–Trinajstić information content (AvgIpc) is 3.11. The number of alkyl halides is 1. The molecule has 4 heteroatoms. The van der Waals surface area contributed by atoms with Crippen LogP contribution in [0.1, 0.15) is 36.1 Å². The molecule has 2 aromatic rings. The fourth-order valence-electron chi connectivity index (χ4n) is 3.65. The second kappa shape index (κ2) is 6.61. The molecule has 4 N–H and O–H groups in total. The zero-order valence-corrected chi connectivity index (χ0v) is 14.9. The molecule has 2 aliphatic rings. The van der Waals surface area contributed by atoms with Crippen LogP contribution >= 0.6 is 0 Å². The second-order valence-electron chi connectivity index (χ2n) is 7.14. The van der Waals surface area contributed by atoms with Crippen molar-refractivity contribution in [3.63, 3.8) is 0 Å². The Morgan fingerprint density at radius 3 is 2.73 bits per heavy atom. The largest absolute Gasteiger partial charge is 0.399 e. The van der Waals surface area contributed by atoms with Gasteiger partial charge in [0.2, 0.25) is 0 Å². The van der Waals surface area contributed by atoms with Crippen LogP contribution in [0.4, 0.5) is 15.8 Å². The number of benzene rings is 2. The fourth-order valence-corrected chi connectivity index (χ4v) is 3.65. The summed E-state index contributed by atoms with van der Waals surface area (Å²) in [5.74, 6) is -1.53. The maximum absolute atomic E-state index is 15.3. The summed E-state index contributed by atoms with van der Waals surface area (Å²) in [5.41, 5.74) is 12.2. The Kier molecular flexibility index (Phi) is 4.29. The van der Waals surface area contributed by atoms with Crippen molar-refractivity contribution in [2.45, 2.75) is 31.6 Å². The number of halogens is 1. The van der Waals surface area contributed by atoms with Gasteiger partial charge in [-0.15, -0.1) is 0 Å². The first-order valence-corrected chi connectivity index (χ1v) is 9.11. The van der Waals surface area contributed by atoms with Crippen LogP contribution in [0, 0.1) is 0 Å². The first-order valence-electron chi connectivity index (χ1n) is 9.11. The minimum Gasteiger partial charge on any atom is -0.399 e. The number of allylic oxidation sites excluding steroid dienone is 2. The Labute approximate surface area is 153 Å². The summed E-state index contributed by atoms with van der Waals surface area (Å²) >= 11 is 0. The molecule has 3 nitrogen and oxygen atoms in total. The van der Waals surface area contributed by atoms with Crippen molar-refractivity contribution in [3.8, 4) is 0 Å². The van der Waals surface area contributed by atoms with Crippen LogP contribution < -0.4 is 16.4 Å². The molecular formula is C22H24FN3. The lowest BCUT2D eigenvalue weighted by Gasteiger charge is -2.29. The van der Waals surface area contributed by atoms with E-state index in [9.17, 15) is 0 Å². The summed E-state index contributed by atoms with van der Waals surface area (Å²) in [7, 11) is 0. The predicted molar refractivity (Wildman–Crippen MR) is 107 cm³/mol. The van der Waals surface area contributed by atoms with Gasteiger partial charge in [0, 0.05) is 30.4 Å². The molecule has 2 atom stereocenters. The number of rotatable bonds is 4. The molecule has 0 amide bonds. The second-order valence-corrected chi connectivity index (χ2v) is 7.14. The lowest BCUT2D eigenvalue weighted by atomic mass is 9.94. The SMILES string of the molecule is CC(NC1(F)C=CC(c2ccc(N)cc2)=CC1)c1ccc2c(c1)CCN2. The van der Waals surface area contributed by atoms with E-state index in [1.165, 1.54) is 11.3 Å². The zero-order chi connectivity index (χ0) is 18.1. The topological polar surface area (TPSA) is 50.1 Å². The summed E-state index contributed by atoms with van der Waals surface area (Å²) in [6.07, 6.45) is 6.76. The summed E-state index contributed by atoms with van der Waals surface area (Å²) < 4.78 is 15.3. The molecule has 2 aromatic carbocycles. The molecule has 1 heterocycles. The molecular weight excluding hydrogens is 325 g/mol. The van der Waals surface area contributed by atoms with Gasteiger partial charge in [-0.3, -0.25) is 5.32 Å². The lowest BCUT2D eigenvalue weighted by Crippen LogP contribution is -2.41. The average molecular weight is 349 g/mol. The van der Waals surface area contributed by atoms with Gasteiger partial charge in [-0.1, -0.05) is 36.4 Å². The van der Waals surface area contributed by atoms with E-state index in [4.69, 9.17) is 5.73 Å². The third kappa shape index (κ3) is 3.37. The first-order chi connectivity index (χ1) is 12.5. The van der Waals surface area contributed by atoms with Crippen molar-refractivity contribution in [1.82, 2.24) is 5.32 Å². The number of fused-ring (bicyclic) bond motifs is 1. The molecule has 0 spiro atoms. The van der Waals surface area contributed by atoms with E-state index >= 15 is 4.39 Å². The van der Waals surface area contributed by atoms with Gasteiger partial charge in [-0.2, -0.15) is 0 Å². The van der Waals surface area contributed by atoms with Gasteiger partial charge in [0.05, 0.1) is 0 Å². The van der Waals surface area contributed by atoms with E-state index in [-0.39, 0.29) is 6.04 Å². The summed E-state index contributed by atoms with van der Waals surface area (Å²) in [6.45, 7) is 2.99. The summed E-state index contributed by atoms with van der Waals surface area (Å²) in [4.78, 5) is 0. The monoisotopic (exact) mass is 349 g/mol. The minimum atomic E-state index is -1.53. The fraction of sp³-hybridized carbons (Fsp3) is 0.273. The van der Waals surface area contributed by atoms with Crippen molar-refractivity contribution in [2.75, 3.05) is 17.6 Å². The molecule has 2 unspecified atom stereocenters. The highest BCUT2D eigenvalue weighted by Gasteiger charge is 2.30. The van der Waals surface area contributed by atoms with Gasteiger partial charge in [-0.05, 0) is 59.9 Å². The van der Waals surface area contributed by atoms with Crippen LogP contribution in [0.25, 0.3) is 5.57 Å². The molecule has 0 saturated heterocycles. The maximum Gasteiger partial charge on any atom is 0.184 e. The molecule has 4 rings (SSSR count). The Bertz CT molecular complexity index is 869. The molecule has 0 bridgehead atoms. The van der Waals surface area contributed by atoms with Crippen molar-refractivity contribution in [1.29, 1.82) is 0 Å². The normalized spacial score (nSPS) is 22.5. The molecule has 0 saturated carbocycles. The van der Waals surface area contributed by atoms with Gasteiger partial charge in [-0.25, -0.2) is 4.39 Å². The zero-order valence-electron chi connectivity index (χ0n) is 14.9. The Morgan fingerprint density at radius 2 is 2.00 bits per heavy atom. The third-order valence-corrected chi connectivity index (χ3v) is 5.19. The van der Waals surface area contributed by atoms with Crippen LogP contribution in [0.15, 0.2) is 60.7 Å². The Hall–Kier alpha value is -2.59. The number of nitrogen functional groups attached to an aromatic ring is 1. The minimum absolute atomic E-state index is 0.0676.